The van der Waals surface area contributed by atoms with Gasteiger partial charge in [-0.05, 0) is 55.0 Å². The van der Waals surface area contributed by atoms with Crippen LogP contribution in [0.25, 0.3) is 21.5 Å². The minimum absolute atomic E-state index is 0.0324. The topological polar surface area (TPSA) is 109 Å². The number of hydrogen-bond acceptors (Lipinski definition) is 8. The van der Waals surface area contributed by atoms with Crippen molar-refractivity contribution in [3.8, 4) is 23.3 Å². The molecule has 8 rings (SSSR count). The second kappa shape index (κ2) is 11.8. The van der Waals surface area contributed by atoms with E-state index in [4.69, 9.17) is 19.9 Å². The van der Waals surface area contributed by atoms with Gasteiger partial charge in [0, 0.05) is 57.7 Å². The lowest BCUT2D eigenvalue weighted by atomic mass is 9.35. The van der Waals surface area contributed by atoms with Crippen LogP contribution in [0.15, 0.2) is 85.2 Å². The predicted octanol–water partition coefficient (Wildman–Crippen LogP) is 6.38. The molecule has 3 aliphatic carbocycles. The maximum absolute atomic E-state index is 11.9. The van der Waals surface area contributed by atoms with Crippen LogP contribution in [0.3, 0.4) is 0 Å². The Balaban J connectivity index is 0.000000261. The van der Waals surface area contributed by atoms with E-state index in [9.17, 15) is 4.79 Å². The summed E-state index contributed by atoms with van der Waals surface area (Å²) in [6, 6.07) is 23.7. The van der Waals surface area contributed by atoms with Crippen molar-refractivity contribution >= 4 is 39.1 Å². The Morgan fingerprint density at radius 2 is 1.66 bits per heavy atom. The van der Waals surface area contributed by atoms with E-state index in [1.807, 2.05) is 72.8 Å². The normalized spacial score (nSPS) is 19.2. The third kappa shape index (κ3) is 5.33. The van der Waals surface area contributed by atoms with Gasteiger partial charge in [-0.1, -0.05) is 48.2 Å². The molecular formula is C36H34N4O4. The van der Waals surface area contributed by atoms with Crippen molar-refractivity contribution in [3.63, 3.8) is 0 Å². The molecule has 2 heterocycles. The quantitative estimate of drug-likeness (QED) is 0.174. The van der Waals surface area contributed by atoms with Gasteiger partial charge in [-0.15, -0.1) is 0 Å². The highest BCUT2D eigenvalue weighted by Crippen LogP contribution is 2.73. The molecule has 0 atom stereocenters. The SMILES string of the molecule is COC(=O)C12CC(C#Cc3cccc4c(NCc5ccc(OC)cc5OC)nccc34)(C1)C2.Nc1nccc2ccccc12. The Hall–Kier alpha value is -5.29. The smallest absolute Gasteiger partial charge is 0.311 e. The molecule has 8 nitrogen and oxygen atoms in total. The highest BCUT2D eigenvalue weighted by atomic mass is 16.5. The standard InChI is InChI=1S/C27H26N2O4.C9H8N2/c1-31-20-8-7-19(23(13-20)32-2)14-29-24-22-6-4-5-18(21(22)10-12-28-24)9-11-26-15-27(16-26,17-26)25(30)33-3;10-9-8-4-2-1-3-7(8)5-6-11-9/h4-8,10,12-13H,14-17H2,1-3H3,(H,28,29);1-6H,(H2,10,11). The van der Waals surface area contributed by atoms with Crippen LogP contribution in [0.2, 0.25) is 0 Å². The molecule has 0 saturated heterocycles. The van der Waals surface area contributed by atoms with Gasteiger partial charge in [0.1, 0.15) is 23.1 Å². The number of carbonyl (C=O) groups excluding carboxylic acids is 1. The van der Waals surface area contributed by atoms with Crippen molar-refractivity contribution in [2.75, 3.05) is 32.4 Å². The number of rotatable bonds is 6. The average Bonchev–Trinajstić information content (AvgIpc) is 3.02. The van der Waals surface area contributed by atoms with Crippen LogP contribution in [-0.4, -0.2) is 37.3 Å². The highest BCUT2D eigenvalue weighted by molar-refractivity contribution is 5.95. The molecule has 222 valence electrons. The molecule has 8 heteroatoms. The fourth-order valence-corrected chi connectivity index (χ4v) is 6.33. The predicted molar refractivity (Wildman–Crippen MR) is 172 cm³/mol. The summed E-state index contributed by atoms with van der Waals surface area (Å²) in [6.45, 7) is 0.563. The van der Waals surface area contributed by atoms with Gasteiger partial charge in [0.2, 0.25) is 0 Å². The molecular weight excluding hydrogens is 552 g/mol. The van der Waals surface area contributed by atoms with E-state index in [0.717, 1.165) is 69.3 Å². The lowest BCUT2D eigenvalue weighted by Gasteiger charge is -2.65. The average molecular weight is 587 g/mol. The first-order chi connectivity index (χ1) is 21.4. The summed E-state index contributed by atoms with van der Waals surface area (Å²) in [4.78, 5) is 20.5. The summed E-state index contributed by atoms with van der Waals surface area (Å²) in [5.41, 5.74) is 7.32. The number of pyridine rings is 2. The molecule has 3 N–H and O–H groups in total. The van der Waals surface area contributed by atoms with Crippen LogP contribution >= 0.6 is 0 Å². The second-order valence-electron chi connectivity index (χ2n) is 11.3. The van der Waals surface area contributed by atoms with Crippen molar-refractivity contribution in [1.29, 1.82) is 0 Å². The van der Waals surface area contributed by atoms with Crippen molar-refractivity contribution < 1.29 is 19.0 Å². The number of nitrogens with zero attached hydrogens (tertiary/aromatic N) is 2. The van der Waals surface area contributed by atoms with Crippen molar-refractivity contribution in [1.82, 2.24) is 9.97 Å². The van der Waals surface area contributed by atoms with Gasteiger partial charge in [-0.3, -0.25) is 4.79 Å². The van der Waals surface area contributed by atoms with Crippen LogP contribution in [0.4, 0.5) is 11.6 Å². The Kier molecular flexibility index (Phi) is 7.71. The van der Waals surface area contributed by atoms with Crippen molar-refractivity contribution in [3.05, 3.63) is 96.3 Å². The van der Waals surface area contributed by atoms with E-state index in [2.05, 4.69) is 27.1 Å². The van der Waals surface area contributed by atoms with Gasteiger partial charge in [-0.25, -0.2) is 9.97 Å². The molecule has 2 aromatic heterocycles. The van der Waals surface area contributed by atoms with Gasteiger partial charge >= 0.3 is 5.97 Å². The summed E-state index contributed by atoms with van der Waals surface area (Å²) in [7, 11) is 4.75. The minimum atomic E-state index is -0.272. The fourth-order valence-electron chi connectivity index (χ4n) is 6.33. The van der Waals surface area contributed by atoms with Crippen molar-refractivity contribution in [2.24, 2.45) is 10.8 Å². The number of nitrogens with one attached hydrogen (secondary N) is 1. The first kappa shape index (κ1) is 28.8. The number of hydrogen-bond donors (Lipinski definition) is 2. The number of aromatic nitrogens is 2. The monoisotopic (exact) mass is 586 g/mol. The van der Waals surface area contributed by atoms with Crippen LogP contribution in [0.1, 0.15) is 30.4 Å². The Labute approximate surface area is 256 Å². The molecule has 5 aromatic rings. The van der Waals surface area contributed by atoms with E-state index in [1.54, 1.807) is 26.6 Å². The van der Waals surface area contributed by atoms with Crippen LogP contribution < -0.4 is 20.5 Å². The van der Waals surface area contributed by atoms with Gasteiger partial charge in [0.25, 0.3) is 0 Å². The number of carbonyl (C=O) groups is 1. The largest absolute Gasteiger partial charge is 0.497 e. The third-order valence-corrected chi connectivity index (χ3v) is 8.56. The zero-order valence-electron chi connectivity index (χ0n) is 25.0. The molecule has 0 radical (unpaired) electrons. The van der Waals surface area contributed by atoms with E-state index >= 15 is 0 Å². The fraction of sp³-hybridized carbons (Fsp3) is 0.250. The first-order valence-corrected chi connectivity index (χ1v) is 14.4. The summed E-state index contributed by atoms with van der Waals surface area (Å²) in [5, 5.41) is 7.67. The molecule has 3 fully saturated rings. The Bertz CT molecular complexity index is 1900. The van der Waals surface area contributed by atoms with Crippen LogP contribution in [0, 0.1) is 22.7 Å². The maximum Gasteiger partial charge on any atom is 0.311 e. The minimum Gasteiger partial charge on any atom is -0.497 e. The third-order valence-electron chi connectivity index (χ3n) is 8.56. The summed E-state index contributed by atoms with van der Waals surface area (Å²) in [5.74, 6) is 9.65. The molecule has 3 aliphatic rings. The van der Waals surface area contributed by atoms with Crippen LogP contribution in [-0.2, 0) is 16.1 Å². The number of ether oxygens (including phenoxy) is 3. The second-order valence-corrected chi connectivity index (χ2v) is 11.3. The molecule has 3 aromatic carbocycles. The Morgan fingerprint density at radius 3 is 2.41 bits per heavy atom. The van der Waals surface area contributed by atoms with E-state index in [1.165, 1.54) is 7.11 Å². The van der Waals surface area contributed by atoms with E-state index in [0.29, 0.717) is 12.4 Å². The van der Waals surface area contributed by atoms with Crippen molar-refractivity contribution in [2.45, 2.75) is 25.8 Å². The number of benzene rings is 3. The van der Waals surface area contributed by atoms with Crippen LogP contribution in [0.5, 0.6) is 11.5 Å². The molecule has 0 spiro atoms. The molecule has 44 heavy (non-hydrogen) atoms. The lowest BCUT2D eigenvalue weighted by Crippen LogP contribution is -2.65. The summed E-state index contributed by atoms with van der Waals surface area (Å²) < 4.78 is 15.7. The van der Waals surface area contributed by atoms with Gasteiger partial charge in [0.05, 0.1) is 26.7 Å². The summed E-state index contributed by atoms with van der Waals surface area (Å²) >= 11 is 0. The molecule has 3 saturated carbocycles. The number of nitrogen functional groups attached to an aromatic ring is 1. The Morgan fingerprint density at radius 1 is 0.886 bits per heavy atom. The molecule has 0 aliphatic heterocycles. The number of anilines is 2. The number of nitrogens with two attached hydrogens (primary N) is 1. The van der Waals surface area contributed by atoms with Gasteiger partial charge in [0.15, 0.2) is 0 Å². The van der Waals surface area contributed by atoms with E-state index in [-0.39, 0.29) is 16.8 Å². The molecule has 2 bridgehead atoms. The van der Waals surface area contributed by atoms with Gasteiger partial charge < -0.3 is 25.3 Å². The lowest BCUT2D eigenvalue weighted by molar-refractivity contribution is -0.205. The number of methoxy groups -OCH3 is 3. The van der Waals surface area contributed by atoms with Gasteiger partial charge in [-0.2, -0.15) is 0 Å². The molecule has 0 amide bonds. The number of fused-ring (bicyclic) bond motifs is 2. The number of esters is 1. The first-order valence-electron chi connectivity index (χ1n) is 14.4. The molecule has 0 unspecified atom stereocenters. The maximum atomic E-state index is 11.9. The summed E-state index contributed by atoms with van der Waals surface area (Å²) in [6.07, 6.45) is 5.94. The zero-order valence-corrected chi connectivity index (χ0v) is 25.0. The zero-order chi connectivity index (χ0) is 30.7. The van der Waals surface area contributed by atoms with E-state index < -0.39 is 0 Å². The highest BCUT2D eigenvalue weighted by Gasteiger charge is 2.72.